The normalized spacial score (nSPS) is 19.7. The molecule has 0 bridgehead atoms. The van der Waals surface area contributed by atoms with Gasteiger partial charge in [0.1, 0.15) is 0 Å². The number of carbonyl (C=O) groups excluding carboxylic acids is 2. The Hall–Kier alpha value is -2.77. The van der Waals surface area contributed by atoms with Gasteiger partial charge in [-0.1, -0.05) is 12.1 Å². The summed E-state index contributed by atoms with van der Waals surface area (Å²) in [7, 11) is 0. The van der Waals surface area contributed by atoms with Crippen molar-refractivity contribution in [1.29, 1.82) is 0 Å². The number of aromatic nitrogens is 1. The van der Waals surface area contributed by atoms with Gasteiger partial charge < -0.3 is 21.5 Å². The van der Waals surface area contributed by atoms with Crippen LogP contribution in [-0.2, 0) is 0 Å². The highest BCUT2D eigenvalue weighted by molar-refractivity contribution is 5.96. The second kappa shape index (κ2) is 7.63. The van der Waals surface area contributed by atoms with Crippen molar-refractivity contribution < 1.29 is 14.7 Å². The molecule has 5 N–H and O–H groups in total. The number of primary amides is 1. The van der Waals surface area contributed by atoms with E-state index in [1.54, 1.807) is 30.5 Å². The fraction of sp³-hybridized carbons (Fsp3) is 0.316. The Morgan fingerprint density at radius 1 is 1.23 bits per heavy atom. The molecule has 7 heteroatoms. The van der Waals surface area contributed by atoms with E-state index in [9.17, 15) is 14.7 Å². The molecule has 136 valence electrons. The summed E-state index contributed by atoms with van der Waals surface area (Å²) in [5, 5.41) is 16.4. The van der Waals surface area contributed by atoms with Gasteiger partial charge in [0.15, 0.2) is 0 Å². The zero-order valence-electron chi connectivity index (χ0n) is 14.4. The van der Waals surface area contributed by atoms with E-state index >= 15 is 0 Å². The summed E-state index contributed by atoms with van der Waals surface area (Å²) in [6.45, 7) is 1.55. The predicted molar refractivity (Wildman–Crippen MR) is 97.6 cm³/mol. The fourth-order valence-corrected chi connectivity index (χ4v) is 3.02. The molecule has 7 nitrogen and oxygen atoms in total. The zero-order chi connectivity index (χ0) is 18.6. The highest BCUT2D eigenvalue weighted by atomic mass is 16.3. The lowest BCUT2D eigenvalue weighted by molar-refractivity contribution is 0.0170. The van der Waals surface area contributed by atoms with Gasteiger partial charge in [-0.25, -0.2) is 0 Å². The van der Waals surface area contributed by atoms with E-state index in [1.165, 1.54) is 6.20 Å². The first kappa shape index (κ1) is 18.0. The molecule has 0 radical (unpaired) electrons. The van der Waals surface area contributed by atoms with Crippen LogP contribution in [0.5, 0.6) is 0 Å². The van der Waals surface area contributed by atoms with Crippen LogP contribution < -0.4 is 16.4 Å². The average molecular weight is 354 g/mol. The van der Waals surface area contributed by atoms with Gasteiger partial charge in [0.25, 0.3) is 5.91 Å². The van der Waals surface area contributed by atoms with Crippen molar-refractivity contribution in [3.8, 4) is 11.1 Å². The lowest BCUT2D eigenvalue weighted by Crippen LogP contribution is -2.52. The molecule has 1 fully saturated rings. The van der Waals surface area contributed by atoms with Crippen molar-refractivity contribution in [3.05, 3.63) is 53.9 Å². The van der Waals surface area contributed by atoms with Crippen LogP contribution in [0, 0.1) is 0 Å². The largest absolute Gasteiger partial charge is 0.387 e. The van der Waals surface area contributed by atoms with E-state index in [1.807, 2.05) is 6.07 Å². The van der Waals surface area contributed by atoms with E-state index in [-0.39, 0.29) is 12.5 Å². The maximum absolute atomic E-state index is 12.5. The second-order valence-electron chi connectivity index (χ2n) is 6.59. The van der Waals surface area contributed by atoms with E-state index in [0.717, 1.165) is 18.5 Å². The van der Waals surface area contributed by atoms with Crippen LogP contribution >= 0.6 is 0 Å². The number of amides is 2. The summed E-state index contributed by atoms with van der Waals surface area (Å²) < 4.78 is 0. The molecule has 26 heavy (non-hydrogen) atoms. The average Bonchev–Trinajstić information content (AvgIpc) is 2.67. The number of benzene rings is 1. The third kappa shape index (κ3) is 4.25. The Morgan fingerprint density at radius 3 is 2.77 bits per heavy atom. The molecule has 0 spiro atoms. The maximum Gasteiger partial charge on any atom is 0.251 e. The molecule has 1 aromatic carbocycles. The topological polar surface area (TPSA) is 117 Å². The van der Waals surface area contributed by atoms with Gasteiger partial charge in [0, 0.05) is 36.6 Å². The maximum atomic E-state index is 12.5. The molecule has 0 unspecified atom stereocenters. The first-order valence-electron chi connectivity index (χ1n) is 8.53. The minimum atomic E-state index is -0.911. The Labute approximate surface area is 151 Å². The number of piperidine rings is 1. The Kier molecular flexibility index (Phi) is 5.29. The Bertz CT molecular complexity index is 816. The number of rotatable bonds is 5. The van der Waals surface area contributed by atoms with Crippen molar-refractivity contribution in [3.63, 3.8) is 0 Å². The molecule has 2 amide bonds. The third-order valence-electron chi connectivity index (χ3n) is 4.51. The number of nitrogens with two attached hydrogens (primary N) is 1. The van der Waals surface area contributed by atoms with E-state index in [0.29, 0.717) is 29.7 Å². The standard InChI is InChI=1S/C19H22N4O3/c20-17(24)16-8-15(9-22-10-16)13-3-1-4-14(7-13)18(25)23-12-19(26)5-2-6-21-11-19/h1,3-4,7-10,21,26H,2,5-6,11-12H2,(H2,20,24)(H,23,25)/t19-/m1/s1. The molecule has 1 aliphatic heterocycles. The molecule has 1 aliphatic rings. The number of β-amino-alcohol motifs (C(OH)–C–C–N with tert-alkyl or cyclic N) is 1. The van der Waals surface area contributed by atoms with Crippen molar-refractivity contribution in [1.82, 2.24) is 15.6 Å². The molecule has 2 aromatic rings. The molecule has 1 saturated heterocycles. The van der Waals surface area contributed by atoms with Crippen LogP contribution in [0.25, 0.3) is 11.1 Å². The number of aliphatic hydroxyl groups is 1. The summed E-state index contributed by atoms with van der Waals surface area (Å²) in [4.78, 5) is 27.8. The smallest absolute Gasteiger partial charge is 0.251 e. The van der Waals surface area contributed by atoms with Crippen molar-refractivity contribution in [2.45, 2.75) is 18.4 Å². The lowest BCUT2D eigenvalue weighted by Gasteiger charge is -2.32. The summed E-state index contributed by atoms with van der Waals surface area (Å²) >= 11 is 0. The molecule has 0 aliphatic carbocycles. The summed E-state index contributed by atoms with van der Waals surface area (Å²) in [6.07, 6.45) is 4.55. The summed E-state index contributed by atoms with van der Waals surface area (Å²) in [6, 6.07) is 8.66. The van der Waals surface area contributed by atoms with Gasteiger partial charge in [-0.3, -0.25) is 14.6 Å². The minimum Gasteiger partial charge on any atom is -0.387 e. The summed E-state index contributed by atoms with van der Waals surface area (Å²) in [5.41, 5.74) is 6.62. The van der Waals surface area contributed by atoms with Crippen LogP contribution in [0.1, 0.15) is 33.6 Å². The van der Waals surface area contributed by atoms with E-state index < -0.39 is 11.5 Å². The highest BCUT2D eigenvalue weighted by Gasteiger charge is 2.29. The number of hydrogen-bond donors (Lipinski definition) is 4. The number of pyridine rings is 1. The highest BCUT2D eigenvalue weighted by Crippen LogP contribution is 2.21. The Balaban J connectivity index is 1.73. The first-order valence-corrected chi connectivity index (χ1v) is 8.53. The van der Waals surface area contributed by atoms with Gasteiger partial charge in [-0.15, -0.1) is 0 Å². The molecular formula is C19H22N4O3. The lowest BCUT2D eigenvalue weighted by atomic mass is 9.94. The van der Waals surface area contributed by atoms with Crippen LogP contribution in [0.4, 0.5) is 0 Å². The number of hydrogen-bond acceptors (Lipinski definition) is 5. The van der Waals surface area contributed by atoms with Gasteiger partial charge >= 0.3 is 0 Å². The predicted octanol–water partition coefficient (Wildman–Crippen LogP) is 0.692. The van der Waals surface area contributed by atoms with Crippen molar-refractivity contribution >= 4 is 11.8 Å². The quantitative estimate of drug-likeness (QED) is 0.630. The fourth-order valence-electron chi connectivity index (χ4n) is 3.02. The number of nitrogens with one attached hydrogen (secondary N) is 2. The Morgan fingerprint density at radius 2 is 2.04 bits per heavy atom. The SMILES string of the molecule is NC(=O)c1cncc(-c2cccc(C(=O)NC[C@@]3(O)CCCNC3)c2)c1. The van der Waals surface area contributed by atoms with Crippen LogP contribution in [0.3, 0.4) is 0 Å². The van der Waals surface area contributed by atoms with Crippen LogP contribution in [-0.4, -0.2) is 47.1 Å². The minimum absolute atomic E-state index is 0.196. The number of carbonyl (C=O) groups is 2. The molecule has 1 aromatic heterocycles. The molecule has 3 rings (SSSR count). The monoisotopic (exact) mass is 354 g/mol. The summed E-state index contributed by atoms with van der Waals surface area (Å²) in [5.74, 6) is -0.813. The van der Waals surface area contributed by atoms with Crippen LogP contribution in [0.15, 0.2) is 42.7 Å². The molecule has 1 atom stereocenters. The van der Waals surface area contributed by atoms with Crippen LogP contribution in [0.2, 0.25) is 0 Å². The second-order valence-corrected chi connectivity index (χ2v) is 6.59. The third-order valence-corrected chi connectivity index (χ3v) is 4.51. The van der Waals surface area contributed by atoms with Gasteiger partial charge in [0.2, 0.25) is 5.91 Å². The van der Waals surface area contributed by atoms with Gasteiger partial charge in [-0.2, -0.15) is 0 Å². The van der Waals surface area contributed by atoms with E-state index in [4.69, 9.17) is 5.73 Å². The number of nitrogens with zero attached hydrogens (tertiary/aromatic N) is 1. The molecule has 0 saturated carbocycles. The van der Waals surface area contributed by atoms with E-state index in [2.05, 4.69) is 15.6 Å². The zero-order valence-corrected chi connectivity index (χ0v) is 14.4. The van der Waals surface area contributed by atoms with Crippen molar-refractivity contribution in [2.24, 2.45) is 5.73 Å². The van der Waals surface area contributed by atoms with Crippen molar-refractivity contribution in [2.75, 3.05) is 19.6 Å². The molecule has 2 heterocycles. The first-order chi connectivity index (χ1) is 12.5. The van der Waals surface area contributed by atoms with Gasteiger partial charge in [-0.05, 0) is 43.1 Å². The van der Waals surface area contributed by atoms with Gasteiger partial charge in [0.05, 0.1) is 11.2 Å². The molecular weight excluding hydrogens is 332 g/mol.